The maximum atomic E-state index is 13.3. The van der Waals surface area contributed by atoms with Crippen molar-refractivity contribution in [3.63, 3.8) is 0 Å². The highest BCUT2D eigenvalue weighted by Gasteiger charge is 2.11. The van der Waals surface area contributed by atoms with Gasteiger partial charge in [0.15, 0.2) is 5.13 Å². The van der Waals surface area contributed by atoms with Crippen LogP contribution in [0.1, 0.15) is 16.3 Å². The third kappa shape index (κ3) is 5.82. The average Bonchev–Trinajstić information content (AvgIpc) is 3.14. The Kier molecular flexibility index (Phi) is 6.31. The van der Waals surface area contributed by atoms with E-state index in [1.54, 1.807) is 19.2 Å². The van der Waals surface area contributed by atoms with Crippen molar-refractivity contribution in [1.29, 1.82) is 0 Å². The topological polar surface area (TPSA) is 102 Å². The number of hydrogen-bond acceptors (Lipinski definition) is 8. The Morgan fingerprint density at radius 1 is 1.09 bits per heavy atom. The standard InChI is InChI=1S/C22H19FN6O2S/c1-13-5-3-8-17(9-13)31-21-26-14(2)25-20(28-21)29-22-24-12-18(32-22)11-19(30)27-16-7-4-6-15(23)10-16/h3-10,12H,11H2,1-2H3,(H,27,30)(H,24,25,26,28,29). The van der Waals surface area contributed by atoms with Crippen molar-refractivity contribution in [1.82, 2.24) is 19.9 Å². The third-order valence-electron chi connectivity index (χ3n) is 4.14. The maximum Gasteiger partial charge on any atom is 0.327 e. The minimum atomic E-state index is -0.412. The van der Waals surface area contributed by atoms with Crippen molar-refractivity contribution in [2.24, 2.45) is 0 Å². The van der Waals surface area contributed by atoms with Crippen molar-refractivity contribution < 1.29 is 13.9 Å². The molecule has 0 aliphatic rings. The Labute approximate surface area is 187 Å². The Bertz CT molecular complexity index is 1260. The number of hydrogen-bond donors (Lipinski definition) is 2. The molecule has 0 aliphatic heterocycles. The molecule has 32 heavy (non-hydrogen) atoms. The monoisotopic (exact) mass is 450 g/mol. The highest BCUT2D eigenvalue weighted by Crippen LogP contribution is 2.24. The number of aryl methyl sites for hydroxylation is 2. The summed E-state index contributed by atoms with van der Waals surface area (Å²) in [7, 11) is 0. The highest BCUT2D eigenvalue weighted by atomic mass is 32.1. The first-order valence-corrected chi connectivity index (χ1v) is 10.5. The van der Waals surface area contributed by atoms with Gasteiger partial charge in [0.05, 0.1) is 6.42 Å². The molecule has 2 aromatic carbocycles. The molecule has 0 fully saturated rings. The zero-order chi connectivity index (χ0) is 22.5. The smallest absolute Gasteiger partial charge is 0.327 e. The summed E-state index contributed by atoms with van der Waals surface area (Å²) in [6.07, 6.45) is 1.70. The summed E-state index contributed by atoms with van der Waals surface area (Å²) in [6, 6.07) is 13.5. The molecule has 0 unspecified atom stereocenters. The van der Waals surface area contributed by atoms with Gasteiger partial charge in [0.1, 0.15) is 17.4 Å². The van der Waals surface area contributed by atoms with Crippen LogP contribution in [0.3, 0.4) is 0 Å². The molecule has 2 heterocycles. The number of thiazole rings is 1. The predicted molar refractivity (Wildman–Crippen MR) is 120 cm³/mol. The van der Waals surface area contributed by atoms with E-state index in [0.29, 0.717) is 22.4 Å². The van der Waals surface area contributed by atoms with Crippen molar-refractivity contribution in [2.75, 3.05) is 10.6 Å². The molecule has 4 rings (SSSR count). The van der Waals surface area contributed by atoms with Crippen molar-refractivity contribution in [3.8, 4) is 11.8 Å². The van der Waals surface area contributed by atoms with Crippen LogP contribution in [0.25, 0.3) is 0 Å². The first kappa shape index (κ1) is 21.3. The molecule has 0 bridgehead atoms. The minimum Gasteiger partial charge on any atom is -0.424 e. The molecule has 8 nitrogen and oxygen atoms in total. The fraction of sp³-hybridized carbons (Fsp3) is 0.136. The van der Waals surface area contributed by atoms with Crippen LogP contribution in [-0.4, -0.2) is 25.8 Å². The lowest BCUT2D eigenvalue weighted by molar-refractivity contribution is -0.115. The second-order valence-electron chi connectivity index (χ2n) is 6.90. The van der Waals surface area contributed by atoms with Gasteiger partial charge >= 0.3 is 6.01 Å². The SMILES string of the molecule is Cc1cccc(Oc2nc(C)nc(Nc3ncc(CC(=O)Nc4cccc(F)c4)s3)n2)c1. The van der Waals surface area contributed by atoms with E-state index in [1.807, 2.05) is 31.2 Å². The van der Waals surface area contributed by atoms with Crippen molar-refractivity contribution in [3.05, 3.63) is 76.8 Å². The summed E-state index contributed by atoms with van der Waals surface area (Å²) in [4.78, 5) is 30.0. The Balaban J connectivity index is 1.40. The Morgan fingerprint density at radius 3 is 2.75 bits per heavy atom. The molecule has 0 saturated heterocycles. The lowest BCUT2D eigenvalue weighted by atomic mass is 10.2. The lowest BCUT2D eigenvalue weighted by Gasteiger charge is -2.07. The van der Waals surface area contributed by atoms with E-state index in [9.17, 15) is 9.18 Å². The second kappa shape index (κ2) is 9.48. The van der Waals surface area contributed by atoms with Crippen LogP contribution in [-0.2, 0) is 11.2 Å². The number of nitrogens with one attached hydrogen (secondary N) is 2. The van der Waals surface area contributed by atoms with Crippen LogP contribution in [0.15, 0.2) is 54.7 Å². The molecule has 0 saturated carbocycles. The molecule has 10 heteroatoms. The number of halogens is 1. The van der Waals surface area contributed by atoms with Crippen molar-refractivity contribution in [2.45, 2.75) is 20.3 Å². The van der Waals surface area contributed by atoms with E-state index in [4.69, 9.17) is 4.74 Å². The molecule has 2 N–H and O–H groups in total. The van der Waals surface area contributed by atoms with Gasteiger partial charge in [0.25, 0.3) is 0 Å². The number of carbonyl (C=O) groups excluding carboxylic acids is 1. The summed E-state index contributed by atoms with van der Waals surface area (Å²) in [5.41, 5.74) is 1.46. The summed E-state index contributed by atoms with van der Waals surface area (Å²) in [5.74, 6) is 0.713. The molecule has 2 aromatic heterocycles. The average molecular weight is 450 g/mol. The van der Waals surface area contributed by atoms with E-state index < -0.39 is 5.82 Å². The van der Waals surface area contributed by atoms with E-state index in [2.05, 4.69) is 30.6 Å². The lowest BCUT2D eigenvalue weighted by Crippen LogP contribution is -2.13. The number of nitrogens with zero attached hydrogens (tertiary/aromatic N) is 4. The fourth-order valence-electron chi connectivity index (χ4n) is 2.82. The van der Waals surface area contributed by atoms with Crippen LogP contribution >= 0.6 is 11.3 Å². The number of amides is 1. The van der Waals surface area contributed by atoms with Gasteiger partial charge in [-0.3, -0.25) is 10.1 Å². The number of rotatable bonds is 7. The van der Waals surface area contributed by atoms with Gasteiger partial charge in [-0.15, -0.1) is 11.3 Å². The van der Waals surface area contributed by atoms with E-state index in [-0.39, 0.29) is 24.3 Å². The van der Waals surface area contributed by atoms with Crippen LogP contribution < -0.4 is 15.4 Å². The van der Waals surface area contributed by atoms with Gasteiger partial charge in [-0.1, -0.05) is 18.2 Å². The number of ether oxygens (including phenoxy) is 1. The molecule has 0 spiro atoms. The fourth-order valence-corrected chi connectivity index (χ4v) is 3.62. The van der Waals surface area contributed by atoms with Gasteiger partial charge in [-0.05, 0) is 49.7 Å². The molecule has 0 radical (unpaired) electrons. The number of carbonyl (C=O) groups is 1. The molecule has 162 valence electrons. The molecule has 1 amide bonds. The van der Waals surface area contributed by atoms with Gasteiger partial charge in [-0.25, -0.2) is 9.37 Å². The van der Waals surface area contributed by atoms with Gasteiger partial charge in [-0.2, -0.15) is 15.0 Å². The van der Waals surface area contributed by atoms with Crippen LogP contribution in [0.4, 0.5) is 21.2 Å². The Morgan fingerprint density at radius 2 is 1.94 bits per heavy atom. The van der Waals surface area contributed by atoms with Crippen molar-refractivity contribution >= 4 is 34.0 Å². The van der Waals surface area contributed by atoms with E-state index in [1.165, 1.54) is 29.5 Å². The summed E-state index contributed by atoms with van der Waals surface area (Å²) >= 11 is 1.29. The summed E-state index contributed by atoms with van der Waals surface area (Å²) < 4.78 is 19.0. The van der Waals surface area contributed by atoms with Gasteiger partial charge in [0.2, 0.25) is 11.9 Å². The zero-order valence-corrected chi connectivity index (χ0v) is 18.1. The summed E-state index contributed by atoms with van der Waals surface area (Å²) in [5, 5.41) is 6.20. The van der Waals surface area contributed by atoms with E-state index >= 15 is 0 Å². The zero-order valence-electron chi connectivity index (χ0n) is 17.3. The molecule has 4 aromatic rings. The number of aromatic nitrogens is 4. The van der Waals surface area contributed by atoms with E-state index in [0.717, 1.165) is 10.4 Å². The maximum absolute atomic E-state index is 13.3. The first-order valence-electron chi connectivity index (χ1n) is 9.67. The van der Waals surface area contributed by atoms with Crippen LogP contribution in [0.5, 0.6) is 11.8 Å². The third-order valence-corrected chi connectivity index (χ3v) is 5.05. The molecule has 0 atom stereocenters. The molecular weight excluding hydrogens is 431 g/mol. The van der Waals surface area contributed by atoms with Crippen LogP contribution in [0.2, 0.25) is 0 Å². The minimum absolute atomic E-state index is 0.105. The van der Waals surface area contributed by atoms with Crippen LogP contribution in [0, 0.1) is 19.7 Å². The second-order valence-corrected chi connectivity index (χ2v) is 8.01. The predicted octanol–water partition coefficient (Wildman–Crippen LogP) is 4.80. The molecule has 0 aliphatic carbocycles. The number of anilines is 3. The quantitative estimate of drug-likeness (QED) is 0.417. The van der Waals surface area contributed by atoms with Gasteiger partial charge < -0.3 is 10.1 Å². The first-order chi connectivity index (χ1) is 15.4. The largest absolute Gasteiger partial charge is 0.424 e. The van der Waals surface area contributed by atoms with Gasteiger partial charge in [0, 0.05) is 16.8 Å². The highest BCUT2D eigenvalue weighted by molar-refractivity contribution is 7.15. The number of benzene rings is 2. The molecular formula is C22H19FN6O2S. The Hall–Kier alpha value is -3.92. The summed E-state index contributed by atoms with van der Waals surface area (Å²) in [6.45, 7) is 3.71. The normalized spacial score (nSPS) is 10.6.